The van der Waals surface area contributed by atoms with Gasteiger partial charge in [-0.3, -0.25) is 9.48 Å². The number of amides is 1. The molecule has 2 aliphatic rings. The van der Waals surface area contributed by atoms with Gasteiger partial charge in [0, 0.05) is 31.9 Å². The molecule has 1 amide bonds. The molecule has 1 aromatic rings. The van der Waals surface area contributed by atoms with Crippen molar-refractivity contribution in [3.8, 4) is 0 Å². The van der Waals surface area contributed by atoms with Gasteiger partial charge in [0.1, 0.15) is 5.69 Å². The second kappa shape index (κ2) is 5.20. The van der Waals surface area contributed by atoms with Crippen LogP contribution in [0.15, 0.2) is 0 Å². The van der Waals surface area contributed by atoms with E-state index >= 15 is 0 Å². The average Bonchev–Trinajstić information content (AvgIpc) is 2.76. The van der Waals surface area contributed by atoms with E-state index in [1.165, 1.54) is 0 Å². The summed E-state index contributed by atoms with van der Waals surface area (Å²) >= 11 is 0. The first kappa shape index (κ1) is 13.6. The minimum absolute atomic E-state index is 0.0115. The van der Waals surface area contributed by atoms with Gasteiger partial charge in [0.15, 0.2) is 0 Å². The van der Waals surface area contributed by atoms with Crippen LogP contribution < -0.4 is 5.32 Å². The molecule has 0 unspecified atom stereocenters. The van der Waals surface area contributed by atoms with Crippen molar-refractivity contribution in [2.45, 2.75) is 39.2 Å². The number of hydrogen-bond donors (Lipinski definition) is 1. The molecule has 20 heavy (non-hydrogen) atoms. The molecule has 3 rings (SSSR count). The summed E-state index contributed by atoms with van der Waals surface area (Å²) in [5.41, 5.74) is 2.96. The van der Waals surface area contributed by atoms with E-state index in [1.54, 1.807) is 0 Å². The Labute approximate surface area is 119 Å². The lowest BCUT2D eigenvalue weighted by Crippen LogP contribution is -2.40. The number of nitrogens with one attached hydrogen (secondary N) is 1. The van der Waals surface area contributed by atoms with Crippen LogP contribution in [0.2, 0.25) is 0 Å². The van der Waals surface area contributed by atoms with Crippen LogP contribution in [0.25, 0.3) is 0 Å². The highest BCUT2D eigenvalue weighted by Crippen LogP contribution is 2.37. The van der Waals surface area contributed by atoms with E-state index in [-0.39, 0.29) is 11.3 Å². The second-order valence-electron chi connectivity index (χ2n) is 5.81. The van der Waals surface area contributed by atoms with Crippen LogP contribution in [0.3, 0.4) is 0 Å². The Kier molecular flexibility index (Phi) is 3.54. The molecule has 0 aliphatic carbocycles. The topological polar surface area (TPSA) is 56.1 Å². The predicted octanol–water partition coefficient (Wildman–Crippen LogP) is 1.36. The summed E-state index contributed by atoms with van der Waals surface area (Å²) in [6.07, 6.45) is 3.55. The van der Waals surface area contributed by atoms with Gasteiger partial charge in [0.05, 0.1) is 5.69 Å². The molecule has 1 fully saturated rings. The third-order valence-electron chi connectivity index (χ3n) is 4.61. The molecule has 0 bridgehead atoms. The second-order valence-corrected chi connectivity index (χ2v) is 5.81. The maximum Gasteiger partial charge on any atom is 0.269 e. The van der Waals surface area contributed by atoms with Gasteiger partial charge in [-0.25, -0.2) is 0 Å². The molecule has 0 aromatic carbocycles. The summed E-state index contributed by atoms with van der Waals surface area (Å²) in [5.74, 6) is 0.0115. The average molecular weight is 276 g/mol. The zero-order valence-corrected chi connectivity index (χ0v) is 12.1. The van der Waals surface area contributed by atoms with Crippen molar-refractivity contribution in [3.05, 3.63) is 23.9 Å². The van der Waals surface area contributed by atoms with Crippen molar-refractivity contribution >= 4 is 5.91 Å². The number of carbonyl (C=O) groups excluding carboxylic acids is 1. The van der Waals surface area contributed by atoms with Crippen molar-refractivity contribution in [1.29, 1.82) is 0 Å². The van der Waals surface area contributed by atoms with Gasteiger partial charge in [0.25, 0.3) is 5.91 Å². The molecule has 5 heteroatoms. The van der Waals surface area contributed by atoms with Gasteiger partial charge in [-0.2, -0.15) is 5.10 Å². The molecule has 1 aromatic heterocycles. The lowest BCUT2D eigenvalue weighted by Gasteiger charge is -2.36. The summed E-state index contributed by atoms with van der Waals surface area (Å²) < 4.78 is 7.31. The molecule has 3 heterocycles. The molecule has 1 N–H and O–H groups in total. The van der Waals surface area contributed by atoms with Crippen LogP contribution in [0.4, 0.5) is 0 Å². The van der Waals surface area contributed by atoms with Gasteiger partial charge in [-0.15, -0.1) is 0 Å². The van der Waals surface area contributed by atoms with Crippen LogP contribution in [0, 0.1) is 12.3 Å². The van der Waals surface area contributed by atoms with Crippen LogP contribution in [-0.2, 0) is 24.1 Å². The molecular weight excluding hydrogens is 254 g/mol. The maximum absolute atomic E-state index is 12.4. The van der Waals surface area contributed by atoms with Gasteiger partial charge in [0.2, 0.25) is 0 Å². The lowest BCUT2D eigenvalue weighted by atomic mass is 9.75. The number of rotatable bonds is 2. The first-order chi connectivity index (χ1) is 9.69. The molecular formula is C15H22N3O2. The molecule has 2 aliphatic heterocycles. The largest absolute Gasteiger partial charge is 0.381 e. The smallest absolute Gasteiger partial charge is 0.269 e. The minimum Gasteiger partial charge on any atom is -0.381 e. The first-order valence-corrected chi connectivity index (χ1v) is 7.43. The summed E-state index contributed by atoms with van der Waals surface area (Å²) in [7, 11) is 0. The van der Waals surface area contributed by atoms with E-state index in [0.29, 0.717) is 13.0 Å². The maximum atomic E-state index is 12.4. The molecule has 1 saturated heterocycles. The van der Waals surface area contributed by atoms with Crippen LogP contribution in [0.1, 0.15) is 41.5 Å². The van der Waals surface area contributed by atoms with Crippen molar-refractivity contribution < 1.29 is 9.53 Å². The Morgan fingerprint density at radius 2 is 2.20 bits per heavy atom. The molecule has 109 valence electrons. The standard InChI is InChI=1S/C15H22N3O2/c1-3-12-11-9-15(5-7-20-8-6-15)10-16-14(19)13(11)18(4-2)17-12/h1,3-10H2,2H3,(H,16,19). The number of ether oxygens (including phenoxy) is 1. The van der Waals surface area contributed by atoms with Crippen molar-refractivity contribution in [1.82, 2.24) is 15.1 Å². The number of aromatic nitrogens is 2. The fraction of sp³-hybridized carbons (Fsp3) is 0.667. The van der Waals surface area contributed by atoms with Crippen LogP contribution in [-0.4, -0.2) is 35.4 Å². The minimum atomic E-state index is 0.0115. The van der Waals surface area contributed by atoms with E-state index in [1.807, 2.05) is 11.6 Å². The Balaban J connectivity index is 2.04. The number of aryl methyl sites for hydroxylation is 1. The fourth-order valence-corrected chi connectivity index (χ4v) is 3.37. The van der Waals surface area contributed by atoms with E-state index < -0.39 is 0 Å². The normalized spacial score (nSPS) is 21.4. The molecule has 1 radical (unpaired) electrons. The van der Waals surface area contributed by atoms with E-state index in [4.69, 9.17) is 4.74 Å². The third kappa shape index (κ3) is 2.14. The molecule has 5 nitrogen and oxygen atoms in total. The Morgan fingerprint density at radius 3 is 2.85 bits per heavy atom. The van der Waals surface area contributed by atoms with Crippen LogP contribution in [0.5, 0.6) is 0 Å². The van der Waals surface area contributed by atoms with E-state index in [9.17, 15) is 4.79 Å². The summed E-state index contributed by atoms with van der Waals surface area (Å²) in [4.78, 5) is 12.4. The van der Waals surface area contributed by atoms with Crippen LogP contribution >= 0.6 is 0 Å². The number of carbonyl (C=O) groups is 1. The summed E-state index contributed by atoms with van der Waals surface area (Å²) in [6, 6.07) is 0. The van der Waals surface area contributed by atoms with Crippen molar-refractivity contribution in [3.63, 3.8) is 0 Å². The number of fused-ring (bicyclic) bond motifs is 1. The number of nitrogens with zero attached hydrogens (tertiary/aromatic N) is 2. The monoisotopic (exact) mass is 276 g/mol. The van der Waals surface area contributed by atoms with Gasteiger partial charge in [-0.05, 0) is 44.9 Å². The van der Waals surface area contributed by atoms with E-state index in [2.05, 4.69) is 17.3 Å². The first-order valence-electron chi connectivity index (χ1n) is 7.43. The quantitative estimate of drug-likeness (QED) is 0.887. The molecule has 1 spiro atoms. The lowest BCUT2D eigenvalue weighted by molar-refractivity contribution is 0.0160. The molecule has 0 atom stereocenters. The summed E-state index contributed by atoms with van der Waals surface area (Å²) in [5, 5.41) is 7.66. The van der Waals surface area contributed by atoms with E-state index in [0.717, 1.165) is 56.0 Å². The van der Waals surface area contributed by atoms with Gasteiger partial charge >= 0.3 is 0 Å². The fourth-order valence-electron chi connectivity index (χ4n) is 3.37. The van der Waals surface area contributed by atoms with Crippen molar-refractivity contribution in [2.75, 3.05) is 19.8 Å². The number of hydrogen-bond acceptors (Lipinski definition) is 3. The summed E-state index contributed by atoms with van der Waals surface area (Å²) in [6.45, 7) is 9.01. The van der Waals surface area contributed by atoms with Gasteiger partial charge in [-0.1, -0.05) is 0 Å². The third-order valence-corrected chi connectivity index (χ3v) is 4.61. The highest BCUT2D eigenvalue weighted by atomic mass is 16.5. The zero-order chi connectivity index (χ0) is 14.2. The highest BCUT2D eigenvalue weighted by molar-refractivity contribution is 5.94. The Hall–Kier alpha value is -1.36. The Morgan fingerprint density at radius 1 is 1.45 bits per heavy atom. The predicted molar refractivity (Wildman–Crippen MR) is 75.5 cm³/mol. The molecule has 0 saturated carbocycles. The van der Waals surface area contributed by atoms with Crippen molar-refractivity contribution in [2.24, 2.45) is 5.41 Å². The highest BCUT2D eigenvalue weighted by Gasteiger charge is 2.39. The Bertz CT molecular complexity index is 515. The van der Waals surface area contributed by atoms with Gasteiger partial charge < -0.3 is 10.1 Å². The zero-order valence-electron chi connectivity index (χ0n) is 12.1. The SMILES string of the molecule is [CH2]Cc1nn(CC)c2c1CC1(CCOCC1)CNC2=O.